The zero-order chi connectivity index (χ0) is 14.5. The van der Waals surface area contributed by atoms with Crippen molar-refractivity contribution in [2.45, 2.75) is 44.7 Å². The highest BCUT2D eigenvalue weighted by molar-refractivity contribution is 9.10. The Hall–Kier alpha value is -0.580. The van der Waals surface area contributed by atoms with Crippen LogP contribution in [0.5, 0.6) is 5.75 Å². The molecule has 1 fully saturated rings. The van der Waals surface area contributed by atoms with Crippen LogP contribution in [-0.2, 0) is 0 Å². The Labute approximate surface area is 130 Å². The van der Waals surface area contributed by atoms with Crippen molar-refractivity contribution >= 4 is 15.9 Å². The predicted octanol–water partition coefficient (Wildman–Crippen LogP) is 3.72. The second-order valence-electron chi connectivity index (χ2n) is 5.74. The van der Waals surface area contributed by atoms with E-state index in [4.69, 9.17) is 10.5 Å². The van der Waals surface area contributed by atoms with Crippen LogP contribution in [0, 0.1) is 0 Å². The first-order valence-corrected chi connectivity index (χ1v) is 8.25. The Morgan fingerprint density at radius 3 is 2.95 bits per heavy atom. The van der Waals surface area contributed by atoms with Gasteiger partial charge in [0.15, 0.2) is 0 Å². The van der Waals surface area contributed by atoms with Gasteiger partial charge in [0, 0.05) is 22.1 Å². The van der Waals surface area contributed by atoms with Crippen molar-refractivity contribution < 1.29 is 4.74 Å². The lowest BCUT2D eigenvalue weighted by atomic mass is 10.0. The number of rotatable bonds is 5. The predicted molar refractivity (Wildman–Crippen MR) is 87.1 cm³/mol. The van der Waals surface area contributed by atoms with Crippen molar-refractivity contribution in [3.8, 4) is 5.75 Å². The summed E-state index contributed by atoms with van der Waals surface area (Å²) in [6.45, 7) is 3.96. The third-order valence-corrected chi connectivity index (χ3v) is 4.59. The van der Waals surface area contributed by atoms with Crippen LogP contribution < -0.4 is 10.5 Å². The van der Waals surface area contributed by atoms with Gasteiger partial charge >= 0.3 is 0 Å². The van der Waals surface area contributed by atoms with Crippen molar-refractivity contribution in [3.63, 3.8) is 0 Å². The highest BCUT2D eigenvalue weighted by Gasteiger charge is 2.18. The van der Waals surface area contributed by atoms with Gasteiger partial charge in [0.2, 0.25) is 0 Å². The molecule has 1 aromatic rings. The van der Waals surface area contributed by atoms with E-state index in [2.05, 4.69) is 27.9 Å². The summed E-state index contributed by atoms with van der Waals surface area (Å²) in [5.41, 5.74) is 7.07. The Morgan fingerprint density at radius 1 is 1.45 bits per heavy atom. The van der Waals surface area contributed by atoms with Gasteiger partial charge in [-0.2, -0.15) is 0 Å². The first-order chi connectivity index (χ1) is 9.58. The summed E-state index contributed by atoms with van der Waals surface area (Å²) in [4.78, 5) is 2.46. The molecule has 1 aliphatic rings. The van der Waals surface area contributed by atoms with E-state index in [-0.39, 0.29) is 6.04 Å². The summed E-state index contributed by atoms with van der Waals surface area (Å²) < 4.78 is 7.03. The molecule has 0 aromatic heterocycles. The molecule has 0 saturated carbocycles. The summed E-state index contributed by atoms with van der Waals surface area (Å²) in [6.07, 6.45) is 5.05. The zero-order valence-corrected chi connectivity index (χ0v) is 14.0. The van der Waals surface area contributed by atoms with Crippen molar-refractivity contribution in [1.29, 1.82) is 0 Å². The number of hydrogen-bond acceptors (Lipinski definition) is 3. The fourth-order valence-corrected chi connectivity index (χ4v) is 3.16. The lowest BCUT2D eigenvalue weighted by Gasteiger charge is -2.32. The third kappa shape index (κ3) is 4.21. The van der Waals surface area contributed by atoms with Gasteiger partial charge < -0.3 is 15.4 Å². The molecule has 3 nitrogen and oxygen atoms in total. The molecule has 112 valence electrons. The second kappa shape index (κ2) is 7.43. The molecule has 1 heterocycles. The molecule has 1 saturated heterocycles. The molecule has 0 spiro atoms. The van der Waals surface area contributed by atoms with Crippen LogP contribution in [0.15, 0.2) is 22.7 Å². The number of benzene rings is 1. The van der Waals surface area contributed by atoms with Crippen molar-refractivity contribution in [2.24, 2.45) is 5.73 Å². The Kier molecular flexibility index (Phi) is 5.87. The highest BCUT2D eigenvalue weighted by Crippen LogP contribution is 2.28. The molecule has 20 heavy (non-hydrogen) atoms. The maximum Gasteiger partial charge on any atom is 0.125 e. The maximum absolute atomic E-state index is 6.00. The van der Waals surface area contributed by atoms with Crippen LogP contribution >= 0.6 is 15.9 Å². The minimum Gasteiger partial charge on any atom is -0.493 e. The maximum atomic E-state index is 6.00. The highest BCUT2D eigenvalue weighted by atomic mass is 79.9. The molecule has 0 amide bonds. The molecule has 2 atom stereocenters. The number of nitrogens with zero attached hydrogens (tertiary/aromatic N) is 1. The summed E-state index contributed by atoms with van der Waals surface area (Å²) >= 11 is 3.49. The normalized spacial score (nSPS) is 21.7. The van der Waals surface area contributed by atoms with Crippen LogP contribution in [0.3, 0.4) is 0 Å². The lowest BCUT2D eigenvalue weighted by molar-refractivity contribution is 0.152. The van der Waals surface area contributed by atoms with Gasteiger partial charge in [-0.05, 0) is 51.9 Å². The monoisotopic (exact) mass is 340 g/mol. The number of hydrogen-bond donors (Lipinski definition) is 1. The molecule has 4 heteroatoms. The largest absolute Gasteiger partial charge is 0.493 e. The van der Waals surface area contributed by atoms with Gasteiger partial charge in [-0.3, -0.25) is 0 Å². The molecule has 2 N–H and O–H groups in total. The summed E-state index contributed by atoms with van der Waals surface area (Å²) in [5, 5.41) is 0. The summed E-state index contributed by atoms with van der Waals surface area (Å²) in [6, 6.07) is 6.73. The second-order valence-corrected chi connectivity index (χ2v) is 6.65. The Morgan fingerprint density at radius 2 is 2.25 bits per heavy atom. The average Bonchev–Trinajstić information content (AvgIpc) is 2.41. The molecule has 1 aliphatic heterocycles. The van der Waals surface area contributed by atoms with Gasteiger partial charge in [-0.1, -0.05) is 28.4 Å². The van der Waals surface area contributed by atoms with Crippen molar-refractivity contribution in [2.75, 3.05) is 20.2 Å². The van der Waals surface area contributed by atoms with Crippen LogP contribution in [0.1, 0.15) is 44.2 Å². The summed E-state index contributed by atoms with van der Waals surface area (Å²) in [7, 11) is 2.22. The molecule has 0 aliphatic carbocycles. The molecule has 0 bridgehead atoms. The number of piperidine rings is 1. The quantitative estimate of drug-likeness (QED) is 0.887. The van der Waals surface area contributed by atoms with Crippen molar-refractivity contribution in [3.05, 3.63) is 28.2 Å². The van der Waals surface area contributed by atoms with Gasteiger partial charge in [0.25, 0.3) is 0 Å². The van der Waals surface area contributed by atoms with Gasteiger partial charge in [0.05, 0.1) is 6.61 Å². The standard InChI is InChI=1S/C16H25BrN2O/c1-12(18)15-7-6-13(17)11-16(15)20-10-8-14-5-3-4-9-19(14)2/h6-7,11-12,14H,3-5,8-10,18H2,1-2H3. The minimum absolute atomic E-state index is 0.00421. The number of nitrogens with two attached hydrogens (primary N) is 1. The minimum atomic E-state index is -0.00421. The molecule has 0 radical (unpaired) electrons. The van der Waals surface area contributed by atoms with E-state index in [1.54, 1.807) is 0 Å². The third-order valence-electron chi connectivity index (χ3n) is 4.10. The molecular formula is C16H25BrN2O. The number of ether oxygens (including phenoxy) is 1. The molecular weight excluding hydrogens is 316 g/mol. The molecule has 2 unspecified atom stereocenters. The van der Waals surface area contributed by atoms with Crippen LogP contribution in [-0.4, -0.2) is 31.1 Å². The van der Waals surface area contributed by atoms with Crippen LogP contribution in [0.4, 0.5) is 0 Å². The topological polar surface area (TPSA) is 38.5 Å². The number of halogens is 1. The zero-order valence-electron chi connectivity index (χ0n) is 12.4. The lowest BCUT2D eigenvalue weighted by Crippen LogP contribution is -2.37. The fraction of sp³-hybridized carbons (Fsp3) is 0.625. The van der Waals surface area contributed by atoms with Gasteiger partial charge in [-0.25, -0.2) is 0 Å². The SMILES string of the molecule is CC(N)c1ccc(Br)cc1OCCC1CCCCN1C. The van der Waals surface area contributed by atoms with E-state index in [1.807, 2.05) is 25.1 Å². The van der Waals surface area contributed by atoms with E-state index in [1.165, 1.54) is 25.8 Å². The van der Waals surface area contributed by atoms with Gasteiger partial charge in [0.1, 0.15) is 5.75 Å². The van der Waals surface area contributed by atoms with E-state index in [9.17, 15) is 0 Å². The van der Waals surface area contributed by atoms with E-state index < -0.39 is 0 Å². The first-order valence-electron chi connectivity index (χ1n) is 7.46. The Balaban J connectivity index is 1.91. The first kappa shape index (κ1) is 15.8. The van der Waals surface area contributed by atoms with Crippen molar-refractivity contribution in [1.82, 2.24) is 4.90 Å². The van der Waals surface area contributed by atoms with E-state index >= 15 is 0 Å². The smallest absolute Gasteiger partial charge is 0.125 e. The van der Waals surface area contributed by atoms with Crippen LogP contribution in [0.25, 0.3) is 0 Å². The fourth-order valence-electron chi connectivity index (χ4n) is 2.82. The summed E-state index contributed by atoms with van der Waals surface area (Å²) in [5.74, 6) is 0.910. The van der Waals surface area contributed by atoms with E-state index in [0.29, 0.717) is 6.04 Å². The van der Waals surface area contributed by atoms with Gasteiger partial charge in [-0.15, -0.1) is 0 Å². The Bertz CT molecular complexity index is 436. The number of likely N-dealkylation sites (tertiary alicyclic amines) is 1. The molecule has 1 aromatic carbocycles. The van der Waals surface area contributed by atoms with E-state index in [0.717, 1.165) is 28.8 Å². The average molecular weight is 341 g/mol. The molecule has 2 rings (SSSR count). The van der Waals surface area contributed by atoms with Crippen LogP contribution in [0.2, 0.25) is 0 Å².